The first-order valence-electron chi connectivity index (χ1n) is 7.24. The maximum absolute atomic E-state index is 12.5. The van der Waals surface area contributed by atoms with Crippen LogP contribution in [0, 0.1) is 5.92 Å². The van der Waals surface area contributed by atoms with Crippen LogP contribution in [-0.2, 0) is 19.1 Å². The summed E-state index contributed by atoms with van der Waals surface area (Å²) in [6, 6.07) is 8.85. The zero-order valence-electron chi connectivity index (χ0n) is 13.2. The van der Waals surface area contributed by atoms with Crippen molar-refractivity contribution >= 4 is 17.7 Å². The van der Waals surface area contributed by atoms with Gasteiger partial charge in [-0.1, -0.05) is 43.3 Å². The van der Waals surface area contributed by atoms with Crippen LogP contribution in [0.4, 0.5) is 0 Å². The Kier molecular flexibility index (Phi) is 4.79. The molecule has 0 radical (unpaired) electrons. The van der Waals surface area contributed by atoms with Crippen molar-refractivity contribution in [3.05, 3.63) is 59.7 Å². The molecule has 1 atom stereocenters. The van der Waals surface area contributed by atoms with Crippen molar-refractivity contribution in [1.29, 1.82) is 0 Å². The number of ketones is 1. The van der Waals surface area contributed by atoms with Crippen LogP contribution in [0.3, 0.4) is 0 Å². The summed E-state index contributed by atoms with van der Waals surface area (Å²) < 4.78 is 10.4. The molecule has 0 saturated heterocycles. The molecule has 1 aromatic rings. The molecule has 0 amide bonds. The fraction of sp³-hybridized carbons (Fsp3) is 0.278. The Labute approximate surface area is 134 Å². The van der Waals surface area contributed by atoms with E-state index in [1.807, 2.05) is 6.07 Å². The quantitative estimate of drug-likeness (QED) is 0.485. The van der Waals surface area contributed by atoms with Gasteiger partial charge in [0.25, 0.3) is 5.79 Å². The molecule has 5 heteroatoms. The Bertz CT molecular complexity index is 669. The minimum Gasteiger partial charge on any atom is -0.418 e. The first-order chi connectivity index (χ1) is 10.8. The zero-order valence-corrected chi connectivity index (χ0v) is 13.2. The third-order valence-corrected chi connectivity index (χ3v) is 3.46. The van der Waals surface area contributed by atoms with Gasteiger partial charge >= 0.3 is 11.9 Å². The maximum Gasteiger partial charge on any atom is 0.306 e. The molecule has 5 nitrogen and oxygen atoms in total. The Morgan fingerprint density at radius 3 is 2.04 bits per heavy atom. The zero-order chi connectivity index (χ0) is 17.0. The molecule has 1 aliphatic rings. The number of Topliss-reactive ketones (excluding diaryl/α,β-unsaturated/α-hetero) is 1. The smallest absolute Gasteiger partial charge is 0.306 e. The van der Waals surface area contributed by atoms with E-state index >= 15 is 0 Å². The monoisotopic (exact) mass is 314 g/mol. The minimum atomic E-state index is -1.52. The normalized spacial score (nSPS) is 18.7. The van der Waals surface area contributed by atoms with Crippen LogP contribution in [0.2, 0.25) is 0 Å². The van der Waals surface area contributed by atoms with Gasteiger partial charge in [-0.05, 0) is 6.08 Å². The summed E-state index contributed by atoms with van der Waals surface area (Å²) in [5.41, 5.74) is 1.02. The lowest BCUT2D eigenvalue weighted by molar-refractivity contribution is -0.219. The third kappa shape index (κ3) is 3.74. The summed E-state index contributed by atoms with van der Waals surface area (Å²) in [6.45, 7) is 4.19. The van der Waals surface area contributed by atoms with E-state index in [-0.39, 0.29) is 5.78 Å². The van der Waals surface area contributed by atoms with Crippen LogP contribution in [0.15, 0.2) is 54.1 Å². The number of rotatable bonds is 4. The number of ether oxygens (including phenoxy) is 2. The molecule has 0 N–H and O–H groups in total. The SMILES string of the molecule is CC(=O)OC1(OC(C)=O)C=CC(C(=O)c2ccccc2)=CC1C. The van der Waals surface area contributed by atoms with E-state index in [2.05, 4.69) is 0 Å². The van der Waals surface area contributed by atoms with E-state index in [4.69, 9.17) is 9.47 Å². The molecule has 0 fully saturated rings. The van der Waals surface area contributed by atoms with Crippen LogP contribution >= 0.6 is 0 Å². The van der Waals surface area contributed by atoms with E-state index in [0.29, 0.717) is 11.1 Å². The van der Waals surface area contributed by atoms with Gasteiger partial charge in [-0.15, -0.1) is 0 Å². The van der Waals surface area contributed by atoms with Crippen molar-refractivity contribution in [2.24, 2.45) is 5.92 Å². The molecule has 0 bridgehead atoms. The van der Waals surface area contributed by atoms with E-state index in [0.717, 1.165) is 0 Å². The van der Waals surface area contributed by atoms with Gasteiger partial charge in [0.05, 0.1) is 5.92 Å². The second kappa shape index (κ2) is 6.60. The number of esters is 2. The predicted molar refractivity (Wildman–Crippen MR) is 83.4 cm³/mol. The van der Waals surface area contributed by atoms with E-state index < -0.39 is 23.6 Å². The molecule has 0 spiro atoms. The van der Waals surface area contributed by atoms with Crippen molar-refractivity contribution in [3.8, 4) is 0 Å². The van der Waals surface area contributed by atoms with Gasteiger partial charge in [-0.2, -0.15) is 0 Å². The summed E-state index contributed by atoms with van der Waals surface area (Å²) >= 11 is 0. The summed E-state index contributed by atoms with van der Waals surface area (Å²) in [5.74, 6) is -3.31. The molecular formula is C18H18O5. The highest BCUT2D eigenvalue weighted by atomic mass is 16.7. The van der Waals surface area contributed by atoms with Crippen LogP contribution < -0.4 is 0 Å². The summed E-state index contributed by atoms with van der Waals surface area (Å²) in [5, 5.41) is 0. The fourth-order valence-electron chi connectivity index (χ4n) is 2.43. The van der Waals surface area contributed by atoms with Gasteiger partial charge in [0, 0.05) is 31.1 Å². The average molecular weight is 314 g/mol. The first-order valence-corrected chi connectivity index (χ1v) is 7.24. The number of hydrogen-bond acceptors (Lipinski definition) is 5. The second-order valence-electron chi connectivity index (χ2n) is 5.35. The number of allylic oxidation sites excluding steroid dienone is 2. The highest BCUT2D eigenvalue weighted by molar-refractivity contribution is 6.10. The summed E-state index contributed by atoms with van der Waals surface area (Å²) in [6.07, 6.45) is 4.60. The molecule has 0 aliphatic heterocycles. The van der Waals surface area contributed by atoms with Crippen molar-refractivity contribution in [3.63, 3.8) is 0 Å². The molecule has 0 heterocycles. The highest BCUT2D eigenvalue weighted by Crippen LogP contribution is 2.33. The van der Waals surface area contributed by atoms with Crippen molar-refractivity contribution in [1.82, 2.24) is 0 Å². The Balaban J connectivity index is 2.30. The number of carbonyl (C=O) groups is 3. The van der Waals surface area contributed by atoms with Crippen LogP contribution in [0.1, 0.15) is 31.1 Å². The minimum absolute atomic E-state index is 0.145. The van der Waals surface area contributed by atoms with Gasteiger partial charge in [0.2, 0.25) is 0 Å². The van der Waals surface area contributed by atoms with Crippen LogP contribution in [0.5, 0.6) is 0 Å². The lowest BCUT2D eigenvalue weighted by Gasteiger charge is -2.35. The standard InChI is InChI=1S/C18H18O5/c1-12-11-16(17(21)15-7-5-4-6-8-15)9-10-18(12,22-13(2)19)23-14(3)20/h4-12H,1-3H3. The van der Waals surface area contributed by atoms with Crippen LogP contribution in [-0.4, -0.2) is 23.5 Å². The summed E-state index contributed by atoms with van der Waals surface area (Å²) in [4.78, 5) is 35.2. The molecule has 23 heavy (non-hydrogen) atoms. The molecule has 120 valence electrons. The van der Waals surface area contributed by atoms with Gasteiger partial charge in [0.15, 0.2) is 5.78 Å². The van der Waals surface area contributed by atoms with E-state index in [1.54, 1.807) is 37.3 Å². The highest BCUT2D eigenvalue weighted by Gasteiger charge is 2.42. The predicted octanol–water partition coefficient (Wildman–Crippen LogP) is 2.82. The molecule has 0 aromatic heterocycles. The Morgan fingerprint density at radius 2 is 1.57 bits per heavy atom. The second-order valence-corrected chi connectivity index (χ2v) is 5.35. The van der Waals surface area contributed by atoms with Crippen LogP contribution in [0.25, 0.3) is 0 Å². The van der Waals surface area contributed by atoms with Gasteiger partial charge < -0.3 is 9.47 Å². The average Bonchev–Trinajstić information content (AvgIpc) is 2.49. The van der Waals surface area contributed by atoms with Crippen molar-refractivity contribution in [2.45, 2.75) is 26.6 Å². The fourth-order valence-corrected chi connectivity index (χ4v) is 2.43. The molecule has 1 unspecified atom stereocenters. The first kappa shape index (κ1) is 16.7. The molecule has 2 rings (SSSR count). The Hall–Kier alpha value is -2.69. The third-order valence-electron chi connectivity index (χ3n) is 3.46. The molecule has 1 aliphatic carbocycles. The maximum atomic E-state index is 12.5. The number of hydrogen-bond donors (Lipinski definition) is 0. The van der Waals surface area contributed by atoms with Gasteiger partial charge in [-0.25, -0.2) is 0 Å². The van der Waals surface area contributed by atoms with E-state index in [1.165, 1.54) is 26.0 Å². The van der Waals surface area contributed by atoms with E-state index in [9.17, 15) is 14.4 Å². The Morgan fingerprint density at radius 1 is 1.00 bits per heavy atom. The van der Waals surface area contributed by atoms with Crippen molar-refractivity contribution in [2.75, 3.05) is 0 Å². The summed E-state index contributed by atoms with van der Waals surface area (Å²) in [7, 11) is 0. The lowest BCUT2D eigenvalue weighted by atomic mass is 9.88. The van der Waals surface area contributed by atoms with Gasteiger partial charge in [-0.3, -0.25) is 14.4 Å². The molecular weight excluding hydrogens is 296 g/mol. The lowest BCUT2D eigenvalue weighted by Crippen LogP contribution is -2.44. The number of benzene rings is 1. The van der Waals surface area contributed by atoms with Gasteiger partial charge in [0.1, 0.15) is 0 Å². The largest absolute Gasteiger partial charge is 0.418 e. The topological polar surface area (TPSA) is 69.7 Å². The molecule has 1 aromatic carbocycles. The molecule has 0 saturated carbocycles. The number of carbonyl (C=O) groups excluding carboxylic acids is 3. The van der Waals surface area contributed by atoms with Crippen molar-refractivity contribution < 1.29 is 23.9 Å².